The van der Waals surface area contributed by atoms with Crippen molar-refractivity contribution in [2.75, 3.05) is 52.1 Å². The number of nitrogens with one attached hydrogen (secondary N) is 3. The number of aromatic amines is 1. The summed E-state index contributed by atoms with van der Waals surface area (Å²) in [5.41, 5.74) is 3.86. The van der Waals surface area contributed by atoms with Crippen LogP contribution in [0.5, 0.6) is 0 Å². The minimum Gasteiger partial charge on any atom is -0.357 e. The maximum atomic E-state index is 12.5. The fourth-order valence-electron chi connectivity index (χ4n) is 3.49. The molecule has 9 heteroatoms. The Bertz CT molecular complexity index is 1070. The number of benzene rings is 1. The molecule has 0 saturated carbocycles. The second-order valence-electron chi connectivity index (χ2n) is 7.63. The molecule has 1 aromatic carbocycles. The van der Waals surface area contributed by atoms with E-state index in [4.69, 9.17) is 4.98 Å². The molecule has 3 aromatic rings. The van der Waals surface area contributed by atoms with E-state index in [1.165, 1.54) is 11.3 Å². The highest BCUT2D eigenvalue weighted by Gasteiger charge is 2.17. The van der Waals surface area contributed by atoms with Gasteiger partial charge in [-0.25, -0.2) is 4.98 Å². The van der Waals surface area contributed by atoms with Crippen molar-refractivity contribution in [3.05, 3.63) is 47.6 Å². The maximum Gasteiger partial charge on any atom is 0.267 e. The normalized spacial score (nSPS) is 15.0. The summed E-state index contributed by atoms with van der Waals surface area (Å²) >= 11 is 1.53. The quantitative estimate of drug-likeness (QED) is 0.549. The molecule has 1 fully saturated rings. The molecule has 0 bridgehead atoms. The van der Waals surface area contributed by atoms with Crippen LogP contribution >= 0.6 is 11.3 Å². The van der Waals surface area contributed by atoms with Crippen LogP contribution < -0.4 is 10.6 Å². The summed E-state index contributed by atoms with van der Waals surface area (Å²) in [5.74, 6) is -0.169. The van der Waals surface area contributed by atoms with E-state index < -0.39 is 0 Å². The van der Waals surface area contributed by atoms with Crippen molar-refractivity contribution in [2.24, 2.45) is 0 Å². The Labute approximate surface area is 185 Å². The van der Waals surface area contributed by atoms with Gasteiger partial charge in [-0.15, -0.1) is 11.3 Å². The first kappa shape index (κ1) is 21.2. The lowest BCUT2D eigenvalue weighted by molar-refractivity contribution is -0.117. The zero-order valence-corrected chi connectivity index (χ0v) is 18.5. The number of piperazine rings is 1. The summed E-state index contributed by atoms with van der Waals surface area (Å²) in [6.45, 7) is 4.20. The Balaban J connectivity index is 1.42. The van der Waals surface area contributed by atoms with Gasteiger partial charge in [0, 0.05) is 61.6 Å². The molecule has 1 saturated heterocycles. The number of anilines is 1. The van der Waals surface area contributed by atoms with Crippen LogP contribution in [0.15, 0.2) is 41.9 Å². The molecule has 3 N–H and O–H groups in total. The fraction of sp³-hybridized carbons (Fsp3) is 0.318. The number of hydrogen-bond donors (Lipinski definition) is 3. The molecule has 0 radical (unpaired) electrons. The predicted molar refractivity (Wildman–Crippen MR) is 123 cm³/mol. The molecule has 4 rings (SSSR count). The van der Waals surface area contributed by atoms with Gasteiger partial charge in [-0.05, 0) is 25.2 Å². The first-order valence-corrected chi connectivity index (χ1v) is 11.1. The third kappa shape index (κ3) is 5.19. The third-order valence-electron chi connectivity index (χ3n) is 5.31. The van der Waals surface area contributed by atoms with Crippen molar-refractivity contribution in [2.45, 2.75) is 0 Å². The summed E-state index contributed by atoms with van der Waals surface area (Å²) in [6.07, 6.45) is 1.78. The van der Waals surface area contributed by atoms with Gasteiger partial charge in [0.05, 0.1) is 12.2 Å². The number of amides is 2. The number of carbonyl (C=O) groups excluding carboxylic acids is 2. The molecular weight excluding hydrogens is 412 g/mol. The smallest absolute Gasteiger partial charge is 0.267 e. The van der Waals surface area contributed by atoms with Crippen LogP contribution in [-0.4, -0.2) is 78.4 Å². The molecule has 8 nitrogen and oxygen atoms in total. The molecule has 0 aliphatic carbocycles. The summed E-state index contributed by atoms with van der Waals surface area (Å²) in [5, 5.41) is 8.42. The Morgan fingerprint density at radius 1 is 1.16 bits per heavy atom. The molecule has 2 aromatic heterocycles. The molecule has 31 heavy (non-hydrogen) atoms. The molecule has 2 amide bonds. The molecule has 0 atom stereocenters. The number of nitrogens with zero attached hydrogens (tertiary/aromatic N) is 3. The average Bonchev–Trinajstić information content (AvgIpc) is 3.45. The van der Waals surface area contributed by atoms with Crippen LogP contribution in [0.2, 0.25) is 0 Å². The van der Waals surface area contributed by atoms with Crippen molar-refractivity contribution in [3.63, 3.8) is 0 Å². The number of likely N-dealkylation sites (N-methyl/N-ethyl adjacent to an activating group) is 1. The molecule has 0 unspecified atom stereocenters. The largest absolute Gasteiger partial charge is 0.357 e. The molecule has 162 valence electrons. The summed E-state index contributed by atoms with van der Waals surface area (Å²) in [6, 6.07) is 9.51. The SMILES string of the molecule is CNC(=O)c1cc(-c2csc(-c3cccc(NC(=O)CN4CCN(C)CC4)c3)n2)c[nH]1. The molecule has 1 aliphatic heterocycles. The number of H-pyrrole nitrogens is 1. The van der Waals surface area contributed by atoms with E-state index >= 15 is 0 Å². The Morgan fingerprint density at radius 3 is 2.74 bits per heavy atom. The summed E-state index contributed by atoms with van der Waals surface area (Å²) < 4.78 is 0. The van der Waals surface area contributed by atoms with Gasteiger partial charge in [0.25, 0.3) is 5.91 Å². The van der Waals surface area contributed by atoms with E-state index in [1.807, 2.05) is 29.6 Å². The van der Waals surface area contributed by atoms with E-state index in [0.717, 1.165) is 53.7 Å². The number of thiazole rings is 1. The van der Waals surface area contributed by atoms with Gasteiger partial charge in [0.1, 0.15) is 10.7 Å². The van der Waals surface area contributed by atoms with Crippen LogP contribution in [-0.2, 0) is 4.79 Å². The number of hydrogen-bond acceptors (Lipinski definition) is 6. The highest BCUT2D eigenvalue weighted by molar-refractivity contribution is 7.13. The molecule has 0 spiro atoms. The van der Waals surface area contributed by atoms with E-state index in [-0.39, 0.29) is 11.8 Å². The van der Waals surface area contributed by atoms with Crippen LogP contribution in [0.1, 0.15) is 10.5 Å². The number of aromatic nitrogens is 2. The lowest BCUT2D eigenvalue weighted by Crippen LogP contribution is -2.47. The lowest BCUT2D eigenvalue weighted by atomic mass is 10.2. The van der Waals surface area contributed by atoms with E-state index in [0.29, 0.717) is 12.2 Å². The van der Waals surface area contributed by atoms with Gasteiger partial charge >= 0.3 is 0 Å². The third-order valence-corrected chi connectivity index (χ3v) is 6.20. The highest BCUT2D eigenvalue weighted by atomic mass is 32.1. The van der Waals surface area contributed by atoms with Crippen LogP contribution in [0.25, 0.3) is 21.8 Å². The first-order valence-electron chi connectivity index (χ1n) is 10.2. The zero-order valence-electron chi connectivity index (χ0n) is 17.6. The second kappa shape index (κ2) is 9.42. The monoisotopic (exact) mass is 438 g/mol. The fourth-order valence-corrected chi connectivity index (χ4v) is 4.31. The van der Waals surface area contributed by atoms with Gasteiger partial charge in [0.2, 0.25) is 5.91 Å². The standard InChI is InChI=1S/C22H26N6O2S/c1-23-21(30)18-11-16(12-24-18)19-14-31-22(26-19)15-4-3-5-17(10-15)25-20(29)13-28-8-6-27(2)7-9-28/h3-5,10-12,14,24H,6-9,13H2,1-2H3,(H,23,30)(H,25,29). The summed E-state index contributed by atoms with van der Waals surface area (Å²) in [7, 11) is 3.70. The van der Waals surface area contributed by atoms with Gasteiger partial charge in [-0.1, -0.05) is 12.1 Å². The van der Waals surface area contributed by atoms with Crippen molar-refractivity contribution in [3.8, 4) is 21.8 Å². The summed E-state index contributed by atoms with van der Waals surface area (Å²) in [4.78, 5) is 36.3. The van der Waals surface area contributed by atoms with Gasteiger partial charge < -0.3 is 20.5 Å². The van der Waals surface area contributed by atoms with E-state index in [1.54, 1.807) is 19.3 Å². The van der Waals surface area contributed by atoms with E-state index in [2.05, 4.69) is 32.5 Å². The number of rotatable bonds is 6. The highest BCUT2D eigenvalue weighted by Crippen LogP contribution is 2.30. The van der Waals surface area contributed by atoms with Crippen molar-refractivity contribution >= 4 is 28.8 Å². The Hall–Kier alpha value is -3.01. The molecule has 1 aliphatic rings. The van der Waals surface area contributed by atoms with E-state index in [9.17, 15) is 9.59 Å². The van der Waals surface area contributed by atoms with Crippen molar-refractivity contribution in [1.82, 2.24) is 25.1 Å². The predicted octanol–water partition coefficient (Wildman–Crippen LogP) is 2.35. The first-order chi connectivity index (χ1) is 15.0. The zero-order chi connectivity index (χ0) is 21.8. The van der Waals surface area contributed by atoms with Crippen LogP contribution in [0.3, 0.4) is 0 Å². The minimum atomic E-state index is -0.165. The Morgan fingerprint density at radius 2 is 1.97 bits per heavy atom. The Kier molecular flexibility index (Phi) is 6.45. The van der Waals surface area contributed by atoms with Crippen LogP contribution in [0.4, 0.5) is 5.69 Å². The average molecular weight is 439 g/mol. The lowest BCUT2D eigenvalue weighted by Gasteiger charge is -2.31. The van der Waals surface area contributed by atoms with Gasteiger partial charge in [0.15, 0.2) is 0 Å². The van der Waals surface area contributed by atoms with Gasteiger partial charge in [-0.3, -0.25) is 14.5 Å². The maximum absolute atomic E-state index is 12.5. The number of carbonyl (C=O) groups is 2. The second-order valence-corrected chi connectivity index (χ2v) is 8.49. The van der Waals surface area contributed by atoms with Crippen molar-refractivity contribution < 1.29 is 9.59 Å². The van der Waals surface area contributed by atoms with Crippen molar-refractivity contribution in [1.29, 1.82) is 0 Å². The van der Waals surface area contributed by atoms with Gasteiger partial charge in [-0.2, -0.15) is 0 Å². The molecular formula is C22H26N6O2S. The topological polar surface area (TPSA) is 93.4 Å². The minimum absolute atomic E-state index is 0.00409. The van der Waals surface area contributed by atoms with Crippen LogP contribution in [0, 0.1) is 0 Å². The molecule has 3 heterocycles.